The summed E-state index contributed by atoms with van der Waals surface area (Å²) in [6.45, 7) is 0.372. The highest BCUT2D eigenvalue weighted by atomic mass is 32.2. The molecule has 0 heterocycles. The molecule has 0 radical (unpaired) electrons. The number of benzene rings is 1. The number of hydrogen-bond acceptors (Lipinski definition) is 4. The molecule has 0 aromatic heterocycles. The van der Waals surface area contributed by atoms with Gasteiger partial charge in [-0.25, -0.2) is 8.42 Å². The van der Waals surface area contributed by atoms with Crippen LogP contribution >= 0.6 is 0 Å². The molecule has 0 saturated carbocycles. The van der Waals surface area contributed by atoms with Crippen LogP contribution in [0.3, 0.4) is 0 Å². The summed E-state index contributed by atoms with van der Waals surface area (Å²) in [5.74, 6) is 0.0722. The molecule has 5 heteroatoms. The van der Waals surface area contributed by atoms with E-state index >= 15 is 0 Å². The Morgan fingerprint density at radius 3 is 2.75 bits per heavy atom. The Hall–Kier alpha value is -1.38. The summed E-state index contributed by atoms with van der Waals surface area (Å²) in [7, 11) is -3.11. The van der Waals surface area contributed by atoms with Crippen LogP contribution < -0.4 is 5.73 Å². The van der Waals surface area contributed by atoms with Crippen molar-refractivity contribution in [2.45, 2.75) is 12.2 Å². The summed E-state index contributed by atoms with van der Waals surface area (Å²) < 4.78 is 23.2. The van der Waals surface area contributed by atoms with Crippen LogP contribution in [0.25, 0.3) is 0 Å². The van der Waals surface area contributed by atoms with Crippen LogP contribution in [0, 0.1) is 11.3 Å². The molecule has 86 valence electrons. The molecule has 0 bridgehead atoms. The second kappa shape index (κ2) is 5.64. The second-order valence-corrected chi connectivity index (χ2v) is 5.73. The summed E-state index contributed by atoms with van der Waals surface area (Å²) >= 11 is 0. The Morgan fingerprint density at radius 2 is 2.12 bits per heavy atom. The number of sulfone groups is 1. The zero-order valence-corrected chi connectivity index (χ0v) is 9.70. The standard InChI is InChI=1S/C11H14N2O2S/c12-5-2-6-16(14,15)9-11-4-1-3-10(7-11)8-13/h1,3-4,7H,2,5-6,9,12H2. The fourth-order valence-corrected chi connectivity index (χ4v) is 2.80. The van der Waals surface area contributed by atoms with Gasteiger partial charge >= 0.3 is 0 Å². The molecular weight excluding hydrogens is 224 g/mol. The molecule has 0 aliphatic carbocycles. The molecule has 16 heavy (non-hydrogen) atoms. The quantitative estimate of drug-likeness (QED) is 0.823. The van der Waals surface area contributed by atoms with Crippen LogP contribution in [-0.4, -0.2) is 20.7 Å². The van der Waals surface area contributed by atoms with Gasteiger partial charge in [-0.1, -0.05) is 12.1 Å². The third-order valence-electron chi connectivity index (χ3n) is 2.10. The molecule has 0 atom stereocenters. The Morgan fingerprint density at radius 1 is 1.38 bits per heavy atom. The molecule has 0 saturated heterocycles. The van der Waals surface area contributed by atoms with Gasteiger partial charge in [0.2, 0.25) is 0 Å². The summed E-state index contributed by atoms with van der Waals surface area (Å²) in [6.07, 6.45) is 0.472. The normalized spacial score (nSPS) is 11.0. The number of nitrogens with zero attached hydrogens (tertiary/aromatic N) is 1. The van der Waals surface area contributed by atoms with E-state index in [4.69, 9.17) is 11.0 Å². The highest BCUT2D eigenvalue weighted by molar-refractivity contribution is 7.90. The SMILES string of the molecule is N#Cc1cccc(CS(=O)(=O)CCCN)c1. The second-order valence-electron chi connectivity index (χ2n) is 3.55. The molecule has 1 rings (SSSR count). The lowest BCUT2D eigenvalue weighted by Crippen LogP contribution is -2.13. The lowest BCUT2D eigenvalue weighted by molar-refractivity contribution is 0.593. The van der Waals surface area contributed by atoms with Crippen molar-refractivity contribution in [3.63, 3.8) is 0 Å². The molecule has 1 aromatic rings. The fourth-order valence-electron chi connectivity index (χ4n) is 1.36. The first-order chi connectivity index (χ1) is 7.57. The van der Waals surface area contributed by atoms with Crippen molar-refractivity contribution < 1.29 is 8.42 Å². The first-order valence-corrected chi connectivity index (χ1v) is 6.79. The van der Waals surface area contributed by atoms with Crippen LogP contribution in [0.15, 0.2) is 24.3 Å². The molecule has 0 spiro atoms. The van der Waals surface area contributed by atoms with Gasteiger partial charge in [0.05, 0.1) is 23.1 Å². The van der Waals surface area contributed by atoms with E-state index in [2.05, 4.69) is 0 Å². The minimum atomic E-state index is -3.11. The van der Waals surface area contributed by atoms with Crippen molar-refractivity contribution in [3.05, 3.63) is 35.4 Å². The van der Waals surface area contributed by atoms with Crippen molar-refractivity contribution in [1.29, 1.82) is 5.26 Å². The van der Waals surface area contributed by atoms with Crippen molar-refractivity contribution >= 4 is 9.84 Å². The minimum absolute atomic E-state index is 0.0253. The smallest absolute Gasteiger partial charge is 0.154 e. The highest BCUT2D eigenvalue weighted by Crippen LogP contribution is 2.09. The number of nitrogens with two attached hydrogens (primary N) is 1. The Balaban J connectivity index is 2.77. The Kier molecular flexibility index (Phi) is 4.47. The van der Waals surface area contributed by atoms with E-state index in [-0.39, 0.29) is 11.5 Å². The molecule has 0 amide bonds. The predicted molar refractivity (Wildman–Crippen MR) is 62.3 cm³/mol. The van der Waals surface area contributed by atoms with E-state index in [1.165, 1.54) is 0 Å². The van der Waals surface area contributed by atoms with Gasteiger partial charge in [0, 0.05) is 0 Å². The third-order valence-corrected chi connectivity index (χ3v) is 3.79. The van der Waals surface area contributed by atoms with Gasteiger partial charge in [-0.3, -0.25) is 0 Å². The molecule has 0 aliphatic heterocycles. The predicted octanol–water partition coefficient (Wildman–Crippen LogP) is 0.822. The third kappa shape index (κ3) is 4.01. The highest BCUT2D eigenvalue weighted by Gasteiger charge is 2.11. The average molecular weight is 238 g/mol. The lowest BCUT2D eigenvalue weighted by atomic mass is 10.2. The van der Waals surface area contributed by atoms with Gasteiger partial charge in [0.25, 0.3) is 0 Å². The molecule has 0 unspecified atom stereocenters. The van der Waals surface area contributed by atoms with E-state index in [0.717, 1.165) is 0 Å². The van der Waals surface area contributed by atoms with E-state index in [9.17, 15) is 8.42 Å². The lowest BCUT2D eigenvalue weighted by Gasteiger charge is -2.03. The molecular formula is C11H14N2O2S. The van der Waals surface area contributed by atoms with Crippen molar-refractivity contribution in [3.8, 4) is 6.07 Å². The minimum Gasteiger partial charge on any atom is -0.330 e. The maximum Gasteiger partial charge on any atom is 0.154 e. The molecule has 0 fully saturated rings. The Labute approximate surface area is 95.6 Å². The fraction of sp³-hybridized carbons (Fsp3) is 0.364. The molecule has 2 N–H and O–H groups in total. The first-order valence-electron chi connectivity index (χ1n) is 4.97. The van der Waals surface area contributed by atoms with Crippen LogP contribution in [0.5, 0.6) is 0 Å². The summed E-state index contributed by atoms with van der Waals surface area (Å²) in [6, 6.07) is 8.62. The number of nitriles is 1. The molecule has 0 aliphatic rings. The zero-order valence-electron chi connectivity index (χ0n) is 8.89. The summed E-state index contributed by atoms with van der Waals surface area (Å²) in [5, 5.41) is 8.69. The van der Waals surface area contributed by atoms with E-state index in [1.807, 2.05) is 6.07 Å². The van der Waals surface area contributed by atoms with Crippen molar-refractivity contribution in [1.82, 2.24) is 0 Å². The van der Waals surface area contributed by atoms with Gasteiger partial charge in [-0.2, -0.15) is 5.26 Å². The molecule has 1 aromatic carbocycles. The monoisotopic (exact) mass is 238 g/mol. The maximum absolute atomic E-state index is 11.6. The summed E-state index contributed by atoms with van der Waals surface area (Å²) in [4.78, 5) is 0. The van der Waals surface area contributed by atoms with Crippen LogP contribution in [0.1, 0.15) is 17.5 Å². The largest absolute Gasteiger partial charge is 0.330 e. The Bertz CT molecular complexity index is 489. The van der Waals surface area contributed by atoms with Crippen LogP contribution in [0.4, 0.5) is 0 Å². The molecule has 4 nitrogen and oxygen atoms in total. The van der Waals surface area contributed by atoms with Gasteiger partial charge in [0.15, 0.2) is 9.84 Å². The average Bonchev–Trinajstić information content (AvgIpc) is 2.26. The zero-order chi connectivity index (χ0) is 12.0. The van der Waals surface area contributed by atoms with E-state index in [1.54, 1.807) is 24.3 Å². The van der Waals surface area contributed by atoms with E-state index < -0.39 is 9.84 Å². The number of rotatable bonds is 5. The van der Waals surface area contributed by atoms with Gasteiger partial charge in [0.1, 0.15) is 0 Å². The first kappa shape index (κ1) is 12.7. The van der Waals surface area contributed by atoms with Crippen LogP contribution in [-0.2, 0) is 15.6 Å². The van der Waals surface area contributed by atoms with E-state index in [0.29, 0.717) is 24.1 Å². The van der Waals surface area contributed by atoms with Gasteiger partial charge in [-0.05, 0) is 30.7 Å². The van der Waals surface area contributed by atoms with Crippen LogP contribution in [0.2, 0.25) is 0 Å². The van der Waals surface area contributed by atoms with Gasteiger partial charge in [-0.15, -0.1) is 0 Å². The number of hydrogen-bond donors (Lipinski definition) is 1. The maximum atomic E-state index is 11.6. The van der Waals surface area contributed by atoms with Crippen molar-refractivity contribution in [2.75, 3.05) is 12.3 Å². The summed E-state index contributed by atoms with van der Waals surface area (Å²) in [5.41, 5.74) is 6.39. The van der Waals surface area contributed by atoms with Crippen molar-refractivity contribution in [2.24, 2.45) is 5.73 Å². The topological polar surface area (TPSA) is 84.0 Å². The van der Waals surface area contributed by atoms with Gasteiger partial charge < -0.3 is 5.73 Å².